The molecule has 0 spiro atoms. The third kappa shape index (κ3) is 19.4. The smallest absolute Gasteiger partial charge is 0.326 e. The van der Waals surface area contributed by atoms with Gasteiger partial charge in [-0.1, -0.05) is 73.9 Å². The van der Waals surface area contributed by atoms with Gasteiger partial charge in [0, 0.05) is 12.8 Å². The van der Waals surface area contributed by atoms with Crippen molar-refractivity contribution in [3.8, 4) is 5.75 Å². The molecule has 0 aliphatic carbocycles. The van der Waals surface area contributed by atoms with Crippen LogP contribution < -0.4 is 37.6 Å². The molecule has 61 heavy (non-hydrogen) atoms. The molecule has 0 saturated heterocycles. The Balaban J connectivity index is 3.38. The molecule has 0 saturated carbocycles. The summed E-state index contributed by atoms with van der Waals surface area (Å²) in [6, 6.07) is -4.00. The molecule has 1 aromatic carbocycles. The minimum absolute atomic E-state index is 0.0821. The van der Waals surface area contributed by atoms with Gasteiger partial charge in [0.15, 0.2) is 0 Å². The van der Waals surface area contributed by atoms with Gasteiger partial charge in [-0.3, -0.25) is 38.4 Å². The van der Waals surface area contributed by atoms with Gasteiger partial charge in [-0.15, -0.1) is 0 Å². The highest BCUT2D eigenvalue weighted by Gasteiger charge is 2.36. The predicted octanol–water partition coefficient (Wildman–Crippen LogP) is 0.389. The van der Waals surface area contributed by atoms with Gasteiger partial charge in [-0.25, -0.2) is 4.79 Å². The molecular formula is C41H65N7O13. The second kappa shape index (κ2) is 25.7. The lowest BCUT2D eigenvalue weighted by molar-refractivity contribution is -0.144. The Morgan fingerprint density at radius 3 is 1.48 bits per heavy atom. The number of carbonyl (C=O) groups excluding carboxylic acids is 6. The minimum Gasteiger partial charge on any atom is -0.508 e. The monoisotopic (exact) mass is 863 g/mol. The van der Waals surface area contributed by atoms with E-state index in [9.17, 15) is 58.5 Å². The lowest BCUT2D eigenvalue weighted by atomic mass is 9.97. The largest absolute Gasteiger partial charge is 0.508 e. The maximum absolute atomic E-state index is 13.8. The van der Waals surface area contributed by atoms with Crippen LogP contribution in [0.15, 0.2) is 24.3 Å². The number of aromatic hydroxyl groups is 1. The molecule has 12 N–H and O–H groups in total. The molecule has 0 aromatic heterocycles. The lowest BCUT2D eigenvalue weighted by Crippen LogP contribution is -2.61. The van der Waals surface area contributed by atoms with Crippen LogP contribution in [-0.2, 0) is 49.6 Å². The fraction of sp³-hybridized carbons (Fsp3) is 0.634. The van der Waals surface area contributed by atoms with E-state index >= 15 is 0 Å². The van der Waals surface area contributed by atoms with Gasteiger partial charge in [0.05, 0.1) is 12.5 Å². The van der Waals surface area contributed by atoms with Crippen LogP contribution in [0.5, 0.6) is 5.75 Å². The predicted molar refractivity (Wildman–Crippen MR) is 221 cm³/mol. The molecular weight excluding hydrogens is 798 g/mol. The highest BCUT2D eigenvalue weighted by Crippen LogP contribution is 2.15. The number of benzene rings is 1. The molecule has 342 valence electrons. The van der Waals surface area contributed by atoms with Crippen molar-refractivity contribution in [1.29, 1.82) is 0 Å². The number of nitrogens with one attached hydrogen (secondary N) is 6. The SMILES string of the molecule is CC[C@H](C)[C@H](NC(=O)[C@H](Cc1ccc(O)cc1)NC(=O)[C@H](CC(=O)O)NC(=O)[C@@H](NC(=O)[C@H](CC(C)C)NC(=O)[C@H](CC(C)C)NC(=O)[C@@H](N)CCC(=O)O)C(C)C)C(=O)O. The summed E-state index contributed by atoms with van der Waals surface area (Å²) in [5.74, 6) is -10.8. The van der Waals surface area contributed by atoms with E-state index in [4.69, 9.17) is 10.8 Å². The fourth-order valence-electron chi connectivity index (χ4n) is 6.09. The number of phenolic OH excluding ortho intramolecular Hbond substituents is 1. The number of nitrogens with two attached hydrogens (primary N) is 1. The Hall–Kier alpha value is -5.79. The lowest BCUT2D eigenvalue weighted by Gasteiger charge is -2.29. The quantitative estimate of drug-likeness (QED) is 0.0570. The normalized spacial score (nSPS) is 15.2. The van der Waals surface area contributed by atoms with Crippen LogP contribution in [-0.4, -0.2) is 116 Å². The molecule has 0 fully saturated rings. The van der Waals surface area contributed by atoms with Crippen molar-refractivity contribution in [2.24, 2.45) is 29.4 Å². The maximum Gasteiger partial charge on any atom is 0.326 e. The molecule has 0 heterocycles. The first kappa shape index (κ1) is 53.2. The first-order valence-electron chi connectivity index (χ1n) is 20.4. The summed E-state index contributed by atoms with van der Waals surface area (Å²) in [4.78, 5) is 116. The first-order chi connectivity index (χ1) is 28.4. The Labute approximate surface area is 355 Å². The first-order valence-corrected chi connectivity index (χ1v) is 20.4. The number of aliphatic carboxylic acids is 3. The van der Waals surface area contributed by atoms with Gasteiger partial charge in [0.25, 0.3) is 0 Å². The van der Waals surface area contributed by atoms with Crippen molar-refractivity contribution in [3.63, 3.8) is 0 Å². The summed E-state index contributed by atoms with van der Waals surface area (Å²) in [7, 11) is 0. The van der Waals surface area contributed by atoms with Gasteiger partial charge in [0.2, 0.25) is 35.4 Å². The molecule has 0 aliphatic heterocycles. The minimum atomic E-state index is -1.79. The zero-order valence-corrected chi connectivity index (χ0v) is 36.2. The molecule has 20 heteroatoms. The Kier molecular flexibility index (Phi) is 22.5. The third-order valence-electron chi connectivity index (χ3n) is 9.73. The maximum atomic E-state index is 13.8. The van der Waals surface area contributed by atoms with E-state index in [2.05, 4.69) is 31.9 Å². The standard InChI is InChI=1S/C41H65N7O13/c1-9-23(8)34(41(60)61)48-39(58)29(18-24-10-12-25(49)13-11-24)45-37(56)30(19-32(52)53)46-40(59)33(22(6)7)47-38(57)28(17-21(4)5)44-36(55)27(16-20(2)3)43-35(54)26(42)14-15-31(50)51/h10-13,20-23,26-30,33-34,49H,9,14-19,42H2,1-8H3,(H,43,54)(H,44,55)(H,45,56)(H,46,59)(H,47,57)(H,48,58)(H,50,51)(H,52,53)(H,60,61)/t23-,26-,27-,28-,29-,30-,33-,34-/m0/s1. The molecule has 1 rings (SSSR count). The number of hydrogen-bond donors (Lipinski definition) is 11. The van der Waals surface area contributed by atoms with E-state index in [0.29, 0.717) is 12.0 Å². The van der Waals surface area contributed by atoms with Crippen LogP contribution >= 0.6 is 0 Å². The van der Waals surface area contributed by atoms with Crippen molar-refractivity contribution in [2.75, 3.05) is 0 Å². The van der Waals surface area contributed by atoms with Crippen molar-refractivity contribution >= 4 is 53.4 Å². The topological polar surface area (TPSA) is 333 Å². The van der Waals surface area contributed by atoms with E-state index in [1.54, 1.807) is 55.4 Å². The van der Waals surface area contributed by atoms with Crippen LogP contribution in [0.4, 0.5) is 0 Å². The average molecular weight is 864 g/mol. The number of hydrogen-bond acceptors (Lipinski definition) is 11. The molecule has 8 atom stereocenters. The molecule has 0 unspecified atom stereocenters. The highest BCUT2D eigenvalue weighted by atomic mass is 16.4. The van der Waals surface area contributed by atoms with Gasteiger partial charge >= 0.3 is 17.9 Å². The van der Waals surface area contributed by atoms with Crippen molar-refractivity contribution in [2.45, 2.75) is 143 Å². The summed E-state index contributed by atoms with van der Waals surface area (Å²) in [6.07, 6.45) is -1.11. The number of amides is 6. The molecule has 1 aromatic rings. The summed E-state index contributed by atoms with van der Waals surface area (Å²) in [5.41, 5.74) is 6.29. The second-order valence-electron chi connectivity index (χ2n) is 16.5. The Morgan fingerprint density at radius 2 is 1.02 bits per heavy atom. The number of carboxylic acid groups (broad SMARTS) is 3. The molecule has 6 amide bonds. The van der Waals surface area contributed by atoms with Crippen molar-refractivity contribution in [3.05, 3.63) is 29.8 Å². The van der Waals surface area contributed by atoms with Crippen LogP contribution in [0.2, 0.25) is 0 Å². The zero-order valence-electron chi connectivity index (χ0n) is 36.2. The number of carbonyl (C=O) groups is 9. The number of phenols is 1. The van der Waals surface area contributed by atoms with Crippen LogP contribution in [0, 0.1) is 23.7 Å². The van der Waals surface area contributed by atoms with E-state index in [1.807, 2.05) is 0 Å². The van der Waals surface area contributed by atoms with E-state index < -0.39 is 114 Å². The average Bonchev–Trinajstić information content (AvgIpc) is 3.16. The Bertz CT molecular complexity index is 1690. The van der Waals surface area contributed by atoms with Gasteiger partial charge in [0.1, 0.15) is 42.0 Å². The molecule has 0 bridgehead atoms. The van der Waals surface area contributed by atoms with Crippen molar-refractivity contribution in [1.82, 2.24) is 31.9 Å². The van der Waals surface area contributed by atoms with Crippen LogP contribution in [0.3, 0.4) is 0 Å². The molecule has 0 radical (unpaired) electrons. The number of carboxylic acids is 3. The molecule has 20 nitrogen and oxygen atoms in total. The van der Waals surface area contributed by atoms with E-state index in [-0.39, 0.29) is 49.7 Å². The van der Waals surface area contributed by atoms with Crippen LogP contribution in [0.1, 0.15) is 99.5 Å². The Morgan fingerprint density at radius 1 is 0.574 bits per heavy atom. The second-order valence-corrected chi connectivity index (χ2v) is 16.5. The van der Waals surface area contributed by atoms with Gasteiger partial charge in [-0.2, -0.15) is 0 Å². The summed E-state index contributed by atoms with van der Waals surface area (Å²) >= 11 is 0. The van der Waals surface area contributed by atoms with E-state index in [0.717, 1.165) is 0 Å². The van der Waals surface area contributed by atoms with Gasteiger partial charge in [-0.05, 0) is 60.6 Å². The third-order valence-corrected chi connectivity index (χ3v) is 9.73. The van der Waals surface area contributed by atoms with Crippen molar-refractivity contribution < 1.29 is 63.6 Å². The van der Waals surface area contributed by atoms with Crippen LogP contribution in [0.25, 0.3) is 0 Å². The summed E-state index contributed by atoms with van der Waals surface area (Å²) < 4.78 is 0. The fourth-order valence-corrected chi connectivity index (χ4v) is 6.09. The number of rotatable bonds is 27. The summed E-state index contributed by atoms with van der Waals surface area (Å²) in [6.45, 7) is 13.6. The van der Waals surface area contributed by atoms with E-state index in [1.165, 1.54) is 24.3 Å². The summed E-state index contributed by atoms with van der Waals surface area (Å²) in [5, 5.41) is 53.2. The molecule has 0 aliphatic rings. The van der Waals surface area contributed by atoms with Gasteiger partial charge < -0.3 is 58.1 Å². The zero-order chi connectivity index (χ0) is 46.7. The highest BCUT2D eigenvalue weighted by molar-refractivity contribution is 5.98.